The molecule has 0 amide bonds. The highest BCUT2D eigenvalue weighted by atomic mass is 16.5. The fourth-order valence-corrected chi connectivity index (χ4v) is 3.09. The number of nitrogens with one attached hydrogen (secondary N) is 1. The summed E-state index contributed by atoms with van der Waals surface area (Å²) in [7, 11) is 0. The van der Waals surface area contributed by atoms with Crippen LogP contribution in [0, 0.1) is 0 Å². The van der Waals surface area contributed by atoms with Crippen LogP contribution in [0.4, 0.5) is 0 Å². The molecule has 110 valence electrons. The quantitative estimate of drug-likeness (QED) is 0.786. The minimum Gasteiger partial charge on any atom is -0.491 e. The monoisotopic (exact) mass is 278 g/mol. The van der Waals surface area contributed by atoms with Gasteiger partial charge < -0.3 is 19.5 Å². The molecule has 1 atom stereocenters. The van der Waals surface area contributed by atoms with E-state index in [0.29, 0.717) is 6.61 Å². The number of aliphatic hydroxyl groups excluding tert-OH is 1. The molecule has 0 saturated carbocycles. The molecular formula is C16H24NO3+. The average Bonchev–Trinajstić information content (AvgIpc) is 2.93. The molecule has 4 heteroatoms. The van der Waals surface area contributed by atoms with Crippen LogP contribution < -0.4 is 9.64 Å². The van der Waals surface area contributed by atoms with E-state index in [9.17, 15) is 5.11 Å². The molecule has 1 aliphatic carbocycles. The standard InChI is InChI=1S/C16H23NO3/c18-15(11-17-6-8-19-9-7-17)12-20-16-5-4-13-2-1-3-14(13)10-16/h4-5,10,15,18H,1-3,6-9,11-12H2/p+1/t15-/m1/s1. The van der Waals surface area contributed by atoms with Crippen molar-refractivity contribution in [3.8, 4) is 5.75 Å². The summed E-state index contributed by atoms with van der Waals surface area (Å²) >= 11 is 0. The summed E-state index contributed by atoms with van der Waals surface area (Å²) in [6.07, 6.45) is 3.20. The molecule has 1 saturated heterocycles. The summed E-state index contributed by atoms with van der Waals surface area (Å²) in [5.74, 6) is 0.890. The van der Waals surface area contributed by atoms with Crippen molar-refractivity contribution in [2.75, 3.05) is 39.5 Å². The van der Waals surface area contributed by atoms with E-state index in [1.165, 1.54) is 28.9 Å². The molecular weight excluding hydrogens is 254 g/mol. The summed E-state index contributed by atoms with van der Waals surface area (Å²) in [4.78, 5) is 1.40. The Morgan fingerprint density at radius 1 is 1.20 bits per heavy atom. The van der Waals surface area contributed by atoms with Crippen molar-refractivity contribution in [2.45, 2.75) is 25.4 Å². The molecule has 20 heavy (non-hydrogen) atoms. The Balaban J connectivity index is 1.46. The van der Waals surface area contributed by atoms with Gasteiger partial charge in [-0.3, -0.25) is 0 Å². The lowest BCUT2D eigenvalue weighted by molar-refractivity contribution is -0.911. The maximum atomic E-state index is 10.1. The Bertz CT molecular complexity index is 443. The molecule has 0 unspecified atom stereocenters. The number of hydrogen-bond acceptors (Lipinski definition) is 3. The number of ether oxygens (including phenoxy) is 2. The van der Waals surface area contributed by atoms with Crippen LogP contribution in [-0.4, -0.2) is 50.7 Å². The van der Waals surface area contributed by atoms with E-state index >= 15 is 0 Å². The summed E-state index contributed by atoms with van der Waals surface area (Å²) in [6.45, 7) is 4.69. The molecule has 0 bridgehead atoms. The molecule has 2 aliphatic rings. The van der Waals surface area contributed by atoms with Gasteiger partial charge in [0.1, 0.15) is 38.1 Å². The first kappa shape index (κ1) is 13.9. The van der Waals surface area contributed by atoms with Gasteiger partial charge in [0.2, 0.25) is 0 Å². The van der Waals surface area contributed by atoms with Crippen LogP contribution in [0.25, 0.3) is 0 Å². The zero-order chi connectivity index (χ0) is 13.8. The summed E-state index contributed by atoms with van der Waals surface area (Å²) < 4.78 is 11.1. The first-order valence-corrected chi connectivity index (χ1v) is 7.65. The Hall–Kier alpha value is -1.10. The predicted octanol–water partition coefficient (Wildman–Crippen LogP) is -0.170. The molecule has 0 radical (unpaired) electrons. The third kappa shape index (κ3) is 3.51. The number of benzene rings is 1. The second kappa shape index (κ2) is 6.57. The molecule has 0 spiro atoms. The van der Waals surface area contributed by atoms with Gasteiger partial charge in [0.25, 0.3) is 0 Å². The molecule has 3 rings (SSSR count). The Morgan fingerprint density at radius 3 is 2.85 bits per heavy atom. The van der Waals surface area contributed by atoms with Crippen molar-refractivity contribution in [3.05, 3.63) is 29.3 Å². The van der Waals surface area contributed by atoms with Crippen molar-refractivity contribution in [3.63, 3.8) is 0 Å². The number of hydrogen-bond donors (Lipinski definition) is 2. The Morgan fingerprint density at radius 2 is 2.00 bits per heavy atom. The predicted molar refractivity (Wildman–Crippen MR) is 76.4 cm³/mol. The normalized spacial score (nSPS) is 20.6. The topological polar surface area (TPSA) is 43.1 Å². The minimum atomic E-state index is -0.406. The van der Waals surface area contributed by atoms with E-state index in [2.05, 4.69) is 12.1 Å². The molecule has 1 aromatic carbocycles. The van der Waals surface area contributed by atoms with Crippen LogP contribution in [0.2, 0.25) is 0 Å². The van der Waals surface area contributed by atoms with E-state index in [0.717, 1.165) is 45.0 Å². The van der Waals surface area contributed by atoms with Gasteiger partial charge in [0.15, 0.2) is 0 Å². The van der Waals surface area contributed by atoms with Gasteiger partial charge in [0.05, 0.1) is 13.2 Å². The lowest BCUT2D eigenvalue weighted by atomic mass is 10.1. The number of aliphatic hydroxyl groups is 1. The van der Waals surface area contributed by atoms with Crippen LogP contribution >= 0.6 is 0 Å². The SMILES string of the molecule is O[C@@H](COc1ccc2c(c1)CCC2)C[NH+]1CCOCC1. The lowest BCUT2D eigenvalue weighted by Gasteiger charge is -2.25. The third-order valence-electron chi connectivity index (χ3n) is 4.24. The van der Waals surface area contributed by atoms with Crippen molar-refractivity contribution in [2.24, 2.45) is 0 Å². The maximum absolute atomic E-state index is 10.1. The van der Waals surface area contributed by atoms with E-state index in [1.807, 2.05) is 6.07 Å². The number of aryl methyl sites for hydroxylation is 2. The Labute approximate surface area is 120 Å². The van der Waals surface area contributed by atoms with Crippen molar-refractivity contribution >= 4 is 0 Å². The van der Waals surface area contributed by atoms with E-state index in [-0.39, 0.29) is 0 Å². The van der Waals surface area contributed by atoms with Gasteiger partial charge >= 0.3 is 0 Å². The highest BCUT2D eigenvalue weighted by molar-refractivity contribution is 5.38. The van der Waals surface area contributed by atoms with E-state index in [4.69, 9.17) is 9.47 Å². The van der Waals surface area contributed by atoms with Crippen LogP contribution in [0.3, 0.4) is 0 Å². The van der Waals surface area contributed by atoms with Crippen LogP contribution in [-0.2, 0) is 17.6 Å². The highest BCUT2D eigenvalue weighted by Crippen LogP contribution is 2.25. The largest absolute Gasteiger partial charge is 0.491 e. The fourth-order valence-electron chi connectivity index (χ4n) is 3.09. The maximum Gasteiger partial charge on any atom is 0.137 e. The van der Waals surface area contributed by atoms with Gasteiger partial charge in [-0.05, 0) is 42.5 Å². The van der Waals surface area contributed by atoms with Crippen molar-refractivity contribution < 1.29 is 19.5 Å². The first-order valence-electron chi connectivity index (χ1n) is 7.65. The van der Waals surface area contributed by atoms with E-state index < -0.39 is 6.10 Å². The van der Waals surface area contributed by atoms with Crippen LogP contribution in [0.5, 0.6) is 5.75 Å². The zero-order valence-electron chi connectivity index (χ0n) is 11.9. The second-order valence-corrected chi connectivity index (χ2v) is 5.82. The van der Waals surface area contributed by atoms with Gasteiger partial charge in [-0.15, -0.1) is 0 Å². The summed E-state index contributed by atoms with van der Waals surface area (Å²) in [5.41, 5.74) is 2.87. The fraction of sp³-hybridized carbons (Fsp3) is 0.625. The van der Waals surface area contributed by atoms with Gasteiger partial charge in [-0.2, -0.15) is 0 Å². The third-order valence-corrected chi connectivity index (χ3v) is 4.24. The van der Waals surface area contributed by atoms with Crippen LogP contribution in [0.15, 0.2) is 18.2 Å². The lowest BCUT2D eigenvalue weighted by Crippen LogP contribution is -3.15. The molecule has 1 fully saturated rings. The molecule has 0 aromatic heterocycles. The molecule has 1 aromatic rings. The number of morpholine rings is 1. The van der Waals surface area contributed by atoms with Gasteiger partial charge in [-0.1, -0.05) is 6.07 Å². The first-order chi connectivity index (χ1) is 9.81. The zero-order valence-corrected chi connectivity index (χ0v) is 11.9. The summed E-state index contributed by atoms with van der Waals surface area (Å²) in [5, 5.41) is 10.1. The van der Waals surface area contributed by atoms with Crippen LogP contribution in [0.1, 0.15) is 17.5 Å². The number of quaternary nitrogens is 1. The Kier molecular flexibility index (Phi) is 4.55. The molecule has 1 aliphatic heterocycles. The van der Waals surface area contributed by atoms with Gasteiger partial charge in [-0.25, -0.2) is 0 Å². The second-order valence-electron chi connectivity index (χ2n) is 5.82. The van der Waals surface area contributed by atoms with Gasteiger partial charge in [0, 0.05) is 0 Å². The number of fused-ring (bicyclic) bond motifs is 1. The summed E-state index contributed by atoms with van der Waals surface area (Å²) in [6, 6.07) is 6.33. The highest BCUT2D eigenvalue weighted by Gasteiger charge is 2.19. The minimum absolute atomic E-state index is 0.378. The molecule has 1 heterocycles. The smallest absolute Gasteiger partial charge is 0.137 e. The average molecular weight is 278 g/mol. The molecule has 4 nitrogen and oxygen atoms in total. The van der Waals surface area contributed by atoms with Crippen molar-refractivity contribution in [1.82, 2.24) is 0 Å². The van der Waals surface area contributed by atoms with E-state index in [1.54, 1.807) is 0 Å². The molecule has 2 N–H and O–H groups in total. The van der Waals surface area contributed by atoms with Crippen molar-refractivity contribution in [1.29, 1.82) is 0 Å². The number of rotatable bonds is 5.